The Morgan fingerprint density at radius 1 is 0.828 bits per heavy atom. The van der Waals surface area contributed by atoms with Crippen LogP contribution in [0.5, 0.6) is 0 Å². The van der Waals surface area contributed by atoms with Crippen LogP contribution in [0.15, 0.2) is 83.8 Å². The van der Waals surface area contributed by atoms with Crippen LogP contribution in [0.3, 0.4) is 0 Å². The van der Waals surface area contributed by atoms with Crippen LogP contribution in [-0.4, -0.2) is 10.9 Å². The van der Waals surface area contributed by atoms with Crippen LogP contribution in [-0.2, 0) is 0 Å². The lowest BCUT2D eigenvalue weighted by Gasteiger charge is -2.33. The molecule has 0 aromatic heterocycles. The highest BCUT2D eigenvalue weighted by Crippen LogP contribution is 2.53. The summed E-state index contributed by atoms with van der Waals surface area (Å²) >= 11 is 14.3. The first-order valence-electron chi connectivity index (χ1n) is 10.1. The molecule has 1 aliphatic carbocycles. The van der Waals surface area contributed by atoms with Crippen LogP contribution in [0.25, 0.3) is 0 Å². The van der Waals surface area contributed by atoms with Gasteiger partial charge in [0.15, 0.2) is 0 Å². The van der Waals surface area contributed by atoms with Crippen molar-refractivity contribution in [3.8, 4) is 0 Å². The number of hydrogen-bond donors (Lipinski definition) is 0. The molecular formula is C25H25Cl2PS. The fraction of sp³-hybridized carbons (Fsp3) is 0.280. The predicted molar refractivity (Wildman–Crippen MR) is 132 cm³/mol. The van der Waals surface area contributed by atoms with Crippen molar-refractivity contribution in [3.63, 3.8) is 0 Å². The maximum Gasteiger partial charge on any atom is 0.0603 e. The Balaban J connectivity index is 1.61. The van der Waals surface area contributed by atoms with Gasteiger partial charge in [-0.05, 0) is 61.1 Å². The lowest BCUT2D eigenvalue weighted by Crippen LogP contribution is -2.29. The molecule has 0 amide bonds. The molecule has 150 valence electrons. The first kappa shape index (κ1) is 21.3. The highest BCUT2D eigenvalue weighted by Gasteiger charge is 2.38. The van der Waals surface area contributed by atoms with Gasteiger partial charge in [-0.2, -0.15) is 0 Å². The molecule has 1 saturated carbocycles. The number of thioether (sulfide) groups is 1. The SMILES string of the molecule is C[C@H](Sc1ccc(Cl)c(Cl)c1)[C@H]1CCCC1P(c1ccccc1)c1ccccc1. The van der Waals surface area contributed by atoms with E-state index in [1.165, 1.54) is 34.8 Å². The molecule has 0 aliphatic heterocycles. The van der Waals surface area contributed by atoms with E-state index >= 15 is 0 Å². The van der Waals surface area contributed by atoms with E-state index in [1.54, 1.807) is 0 Å². The molecule has 3 aromatic rings. The van der Waals surface area contributed by atoms with Crippen LogP contribution in [0.4, 0.5) is 0 Å². The third kappa shape index (κ3) is 5.02. The van der Waals surface area contributed by atoms with Crippen LogP contribution < -0.4 is 10.6 Å². The van der Waals surface area contributed by atoms with Gasteiger partial charge in [-0.1, -0.05) is 97.2 Å². The Hall–Kier alpha value is -0.980. The Bertz CT molecular complexity index is 893. The molecule has 3 atom stereocenters. The molecule has 0 N–H and O–H groups in total. The lowest BCUT2D eigenvalue weighted by atomic mass is 10.0. The van der Waals surface area contributed by atoms with Crippen molar-refractivity contribution < 1.29 is 0 Å². The van der Waals surface area contributed by atoms with Crippen LogP contribution >= 0.6 is 42.9 Å². The molecule has 1 aliphatic rings. The Labute approximate surface area is 189 Å². The van der Waals surface area contributed by atoms with Gasteiger partial charge in [0.1, 0.15) is 0 Å². The van der Waals surface area contributed by atoms with Crippen molar-refractivity contribution >= 4 is 53.5 Å². The summed E-state index contributed by atoms with van der Waals surface area (Å²) in [6, 6.07) is 28.3. The standard InChI is InChI=1S/C25H25Cl2PS/c1-18(29-21-15-16-23(26)24(27)17-21)22-13-8-14-25(22)28(19-9-4-2-5-10-19)20-11-6-3-7-12-20/h2-7,9-12,15-18,22,25H,8,13-14H2,1H3/t18-,22+,25?/m0/s1. The largest absolute Gasteiger partial charge is 0.123 e. The van der Waals surface area contributed by atoms with Gasteiger partial charge < -0.3 is 0 Å². The van der Waals surface area contributed by atoms with E-state index in [9.17, 15) is 0 Å². The molecule has 1 unspecified atom stereocenters. The average molecular weight is 459 g/mol. The van der Waals surface area contributed by atoms with E-state index in [2.05, 4.69) is 73.7 Å². The molecule has 0 spiro atoms. The molecule has 4 heteroatoms. The molecule has 0 saturated heterocycles. The summed E-state index contributed by atoms with van der Waals surface area (Å²) in [7, 11) is -0.370. The highest BCUT2D eigenvalue weighted by atomic mass is 35.5. The third-order valence-corrected chi connectivity index (χ3v) is 10.7. The Morgan fingerprint density at radius 3 is 2.03 bits per heavy atom. The van der Waals surface area contributed by atoms with Crippen molar-refractivity contribution in [2.75, 3.05) is 0 Å². The second kappa shape index (κ2) is 9.88. The first-order valence-corrected chi connectivity index (χ1v) is 13.2. The second-order valence-electron chi connectivity index (χ2n) is 7.60. The van der Waals surface area contributed by atoms with Crippen LogP contribution in [0.1, 0.15) is 26.2 Å². The summed E-state index contributed by atoms with van der Waals surface area (Å²) in [6.45, 7) is 2.39. The highest BCUT2D eigenvalue weighted by molar-refractivity contribution is 8.00. The van der Waals surface area contributed by atoms with Crippen LogP contribution in [0, 0.1) is 5.92 Å². The third-order valence-electron chi connectivity index (χ3n) is 5.75. The van der Waals surface area contributed by atoms with Gasteiger partial charge in [0.25, 0.3) is 0 Å². The molecule has 0 nitrogen and oxygen atoms in total. The second-order valence-corrected chi connectivity index (χ2v) is 12.3. The van der Waals surface area contributed by atoms with Gasteiger partial charge >= 0.3 is 0 Å². The van der Waals surface area contributed by atoms with Crippen molar-refractivity contribution in [1.29, 1.82) is 0 Å². The molecule has 1 fully saturated rings. The molecule has 0 heterocycles. The zero-order valence-electron chi connectivity index (χ0n) is 16.5. The van der Waals surface area contributed by atoms with Gasteiger partial charge in [-0.3, -0.25) is 0 Å². The minimum atomic E-state index is -0.370. The van der Waals surface area contributed by atoms with Gasteiger partial charge in [-0.25, -0.2) is 0 Å². The molecular weight excluding hydrogens is 434 g/mol. The molecule has 4 rings (SSSR count). The van der Waals surface area contributed by atoms with Crippen molar-refractivity contribution in [2.24, 2.45) is 5.92 Å². The summed E-state index contributed by atoms with van der Waals surface area (Å²) < 4.78 is 0. The number of benzene rings is 3. The van der Waals surface area contributed by atoms with E-state index in [4.69, 9.17) is 23.2 Å². The van der Waals surface area contributed by atoms with E-state index < -0.39 is 0 Å². The van der Waals surface area contributed by atoms with Gasteiger partial charge in [0.2, 0.25) is 0 Å². The summed E-state index contributed by atoms with van der Waals surface area (Å²) in [6.07, 6.45) is 3.94. The smallest absolute Gasteiger partial charge is 0.0603 e. The maximum absolute atomic E-state index is 6.25. The number of halogens is 2. The summed E-state index contributed by atoms with van der Waals surface area (Å²) in [5, 5.41) is 4.80. The van der Waals surface area contributed by atoms with Gasteiger partial charge in [0, 0.05) is 10.1 Å². The maximum atomic E-state index is 6.25. The van der Waals surface area contributed by atoms with Crippen LogP contribution in [0.2, 0.25) is 10.0 Å². The first-order chi connectivity index (χ1) is 14.1. The molecule has 29 heavy (non-hydrogen) atoms. The predicted octanol–water partition coefficient (Wildman–Crippen LogP) is 7.78. The summed E-state index contributed by atoms with van der Waals surface area (Å²) in [5.74, 6) is 0.695. The fourth-order valence-corrected chi connectivity index (χ4v) is 9.42. The summed E-state index contributed by atoms with van der Waals surface area (Å²) in [4.78, 5) is 1.21. The average Bonchev–Trinajstić information content (AvgIpc) is 3.22. The molecule has 3 aromatic carbocycles. The van der Waals surface area contributed by atoms with Gasteiger partial charge in [-0.15, -0.1) is 11.8 Å². The zero-order chi connectivity index (χ0) is 20.2. The molecule has 0 radical (unpaired) electrons. The summed E-state index contributed by atoms with van der Waals surface area (Å²) in [5.41, 5.74) is 0.708. The van der Waals surface area contributed by atoms with E-state index in [0.717, 1.165) is 0 Å². The Morgan fingerprint density at radius 2 is 1.45 bits per heavy atom. The zero-order valence-corrected chi connectivity index (χ0v) is 19.7. The van der Waals surface area contributed by atoms with E-state index in [1.807, 2.05) is 23.9 Å². The lowest BCUT2D eigenvalue weighted by molar-refractivity contribution is 0.552. The normalized spacial score (nSPS) is 20.1. The topological polar surface area (TPSA) is 0 Å². The van der Waals surface area contributed by atoms with E-state index in [0.29, 0.717) is 26.9 Å². The molecule has 0 bridgehead atoms. The van der Waals surface area contributed by atoms with Crippen molar-refractivity contribution in [1.82, 2.24) is 0 Å². The minimum Gasteiger partial charge on any atom is -0.123 e. The minimum absolute atomic E-state index is 0.370. The van der Waals surface area contributed by atoms with Crippen molar-refractivity contribution in [2.45, 2.75) is 42.0 Å². The quantitative estimate of drug-likeness (QED) is 0.268. The fourth-order valence-electron chi connectivity index (χ4n) is 4.40. The number of rotatable bonds is 6. The Kier molecular flexibility index (Phi) is 7.25. The van der Waals surface area contributed by atoms with Gasteiger partial charge in [0.05, 0.1) is 10.0 Å². The monoisotopic (exact) mass is 458 g/mol. The van der Waals surface area contributed by atoms with Crippen molar-refractivity contribution in [3.05, 3.63) is 88.9 Å². The van der Waals surface area contributed by atoms with E-state index in [-0.39, 0.29) is 7.92 Å². The number of hydrogen-bond acceptors (Lipinski definition) is 1.